The van der Waals surface area contributed by atoms with Crippen molar-refractivity contribution in [3.63, 3.8) is 0 Å². The van der Waals surface area contributed by atoms with Crippen LogP contribution in [0.25, 0.3) is 86.2 Å². The van der Waals surface area contributed by atoms with E-state index in [1.165, 1.54) is 9.80 Å². The Morgan fingerprint density at radius 3 is 0.807 bits per heavy atom. The lowest BCUT2D eigenvalue weighted by Crippen LogP contribution is -2.47. The van der Waals surface area contributed by atoms with Crippen molar-refractivity contribution in [3.05, 3.63) is 142 Å². The highest BCUT2D eigenvalue weighted by Gasteiger charge is 2.45. The largest absolute Gasteiger partial charge is 0.455 e. The molecule has 0 saturated carbocycles. The highest BCUT2D eigenvalue weighted by molar-refractivity contribution is 6.84. The zero-order chi connectivity index (χ0) is 75.9. The number of benzene rings is 10. The van der Waals surface area contributed by atoms with E-state index in [1.54, 1.807) is 9.80 Å². The fourth-order valence-electron chi connectivity index (χ4n) is 19.4. The molecular formula is C90H102N4O13Si2. The van der Waals surface area contributed by atoms with Crippen LogP contribution in [0.5, 0.6) is 0 Å². The van der Waals surface area contributed by atoms with Crippen LogP contribution in [0.1, 0.15) is 252 Å². The van der Waals surface area contributed by atoms with Crippen LogP contribution >= 0.6 is 0 Å². The van der Waals surface area contributed by atoms with E-state index < -0.39 is 65.1 Å². The van der Waals surface area contributed by atoms with Crippen molar-refractivity contribution in [3.8, 4) is 0 Å². The summed E-state index contributed by atoms with van der Waals surface area (Å²) < 4.78 is 32.5. The van der Waals surface area contributed by atoms with E-state index in [2.05, 4.69) is 53.9 Å². The zero-order valence-corrected chi connectivity index (χ0v) is 66.6. The molecule has 4 atom stereocenters. The highest BCUT2D eigenvalue weighted by Crippen LogP contribution is 2.50. The van der Waals surface area contributed by atoms with Crippen molar-refractivity contribution in [2.24, 2.45) is 0 Å². The number of hydrogen-bond donors (Lipinski definition) is 0. The first-order valence-electron chi connectivity index (χ1n) is 40.9. The number of rotatable bonds is 34. The average Bonchev–Trinajstić information content (AvgIpc) is 0.862. The summed E-state index contributed by atoms with van der Waals surface area (Å²) in [5.41, 5.74) is 3.86. The van der Waals surface area contributed by atoms with Crippen molar-refractivity contribution in [2.45, 2.75) is 244 Å². The highest BCUT2D eigenvalue weighted by atomic mass is 28.4. The summed E-state index contributed by atoms with van der Waals surface area (Å²) in [7, 11) is -4.64. The molecule has 0 spiro atoms. The summed E-state index contributed by atoms with van der Waals surface area (Å²) in [6.07, 6.45) is 19.3. The second kappa shape index (κ2) is 30.4. The van der Waals surface area contributed by atoms with E-state index in [-0.39, 0.29) is 62.0 Å². The third-order valence-electron chi connectivity index (χ3n) is 24.7. The number of amides is 8. The molecule has 568 valence electrons. The molecule has 10 aromatic rings. The van der Waals surface area contributed by atoms with Crippen molar-refractivity contribution in [2.75, 3.05) is 26.3 Å². The number of imide groups is 4. The molecular weight excluding hydrogens is 1400 g/mol. The minimum Gasteiger partial charge on any atom is -0.455 e. The molecule has 10 aromatic carbocycles. The van der Waals surface area contributed by atoms with Gasteiger partial charge in [-0.2, -0.15) is 0 Å². The Morgan fingerprint density at radius 2 is 0.569 bits per heavy atom. The summed E-state index contributed by atoms with van der Waals surface area (Å²) in [6.45, 7) is 18.1. The number of carbonyl (C=O) groups excluding carboxylic acids is 8. The molecule has 2 saturated heterocycles. The molecule has 0 aliphatic carbocycles. The van der Waals surface area contributed by atoms with Gasteiger partial charge in [-0.15, -0.1) is 0 Å². The molecule has 6 heterocycles. The molecule has 8 amide bonds. The van der Waals surface area contributed by atoms with E-state index in [0.717, 1.165) is 205 Å². The van der Waals surface area contributed by atoms with Gasteiger partial charge < -0.3 is 23.1 Å². The fourth-order valence-corrected chi connectivity index (χ4v) is 28.1. The third kappa shape index (κ3) is 13.2. The molecule has 0 bridgehead atoms. The Kier molecular flexibility index (Phi) is 20.8. The first kappa shape index (κ1) is 74.7. The van der Waals surface area contributed by atoms with Crippen LogP contribution in [0, 0.1) is 0 Å². The van der Waals surface area contributed by atoms with E-state index in [1.807, 2.05) is 97.1 Å². The van der Waals surface area contributed by atoms with E-state index in [9.17, 15) is 38.4 Å². The number of fused-ring (bicyclic) bond motifs is 4. The molecule has 6 aliphatic rings. The minimum absolute atomic E-state index is 0.0231. The quantitative estimate of drug-likeness (QED) is 0.0122. The molecule has 16 rings (SSSR count). The van der Waals surface area contributed by atoms with Crippen molar-refractivity contribution in [1.29, 1.82) is 0 Å². The molecule has 19 heteroatoms. The van der Waals surface area contributed by atoms with Gasteiger partial charge in [0.2, 0.25) is 0 Å². The molecule has 17 nitrogen and oxygen atoms in total. The molecule has 0 N–H and O–H groups in total. The van der Waals surface area contributed by atoms with E-state index >= 15 is 0 Å². The van der Waals surface area contributed by atoms with Gasteiger partial charge in [0.05, 0.1) is 26.3 Å². The van der Waals surface area contributed by atoms with E-state index in [4.69, 9.17) is 23.1 Å². The fraction of sp³-hybridized carbons (Fsp3) is 0.467. The molecule has 109 heavy (non-hydrogen) atoms. The first-order valence-corrected chi connectivity index (χ1v) is 47.1. The van der Waals surface area contributed by atoms with Crippen molar-refractivity contribution in [1.82, 2.24) is 19.6 Å². The molecule has 0 aromatic heterocycles. The lowest BCUT2D eigenvalue weighted by atomic mass is 9.82. The Morgan fingerprint density at radius 1 is 0.330 bits per heavy atom. The Labute approximate surface area is 639 Å². The second-order valence-electron chi connectivity index (χ2n) is 33.1. The lowest BCUT2D eigenvalue weighted by Gasteiger charge is -2.35. The monoisotopic (exact) mass is 1500 g/mol. The average molecular weight is 1500 g/mol. The standard InChI is InChI=1S/C90H102N4O13Si2/c1-9-13-17-21-25-53(26-22-18-14-10-2)93-87(99)69-41-33-61-57-29-37-65-79-66(38-30-58(75(57)79)62-34-42-70(88(93)100)81(69)77(61)62)84(96)91(83(65)95)49-55-51-103-73(105-55)45-47-108(5,6)107-109(7,8)48-46-74-104-52-56(106-74)50-92-85(97)67-39-31-59-63-35-43-71-82-72(44-36-64(78(63)82)60-32-40-68(86(92)98)80(67)76(59)60)90(102)94(89(71)101)54(27-23-19-15-11-3)28-24-20-16-12-4/h29-44,53-56,73-74H,9-28,45-52H2,1-8H3. The topological polar surface area (TPSA) is 196 Å². The summed E-state index contributed by atoms with van der Waals surface area (Å²) in [5.74, 6) is -2.53. The van der Waals surface area contributed by atoms with Crippen LogP contribution in [0.2, 0.25) is 38.3 Å². The second-order valence-corrected chi connectivity index (χ2v) is 42.0. The summed E-state index contributed by atoms with van der Waals surface area (Å²) in [4.78, 5) is 123. The van der Waals surface area contributed by atoms with Gasteiger partial charge in [0.25, 0.3) is 47.3 Å². The van der Waals surface area contributed by atoms with Crippen LogP contribution in [-0.4, -0.2) is 147 Å². The van der Waals surface area contributed by atoms with Crippen LogP contribution in [0.3, 0.4) is 0 Å². The number of ether oxygens (including phenoxy) is 4. The normalized spacial score (nSPS) is 19.1. The van der Waals surface area contributed by atoms with Crippen LogP contribution in [-0.2, 0) is 23.1 Å². The summed E-state index contributed by atoms with van der Waals surface area (Å²) >= 11 is 0. The summed E-state index contributed by atoms with van der Waals surface area (Å²) in [5, 5.41) is 12.7. The van der Waals surface area contributed by atoms with Gasteiger partial charge in [-0.05, 0) is 190 Å². The van der Waals surface area contributed by atoms with Crippen LogP contribution in [0.15, 0.2) is 97.1 Å². The number of unbranched alkanes of at least 4 members (excludes halogenated alkanes) is 12. The minimum atomic E-state index is -2.32. The maximum atomic E-state index is 14.7. The predicted octanol–water partition coefficient (Wildman–Crippen LogP) is 20.2. The number of hydrogen-bond acceptors (Lipinski definition) is 13. The maximum absolute atomic E-state index is 14.7. The third-order valence-corrected chi connectivity index (χ3v) is 32.1. The zero-order valence-electron chi connectivity index (χ0n) is 64.6. The smallest absolute Gasteiger partial charge is 0.261 e. The molecule has 0 radical (unpaired) electrons. The maximum Gasteiger partial charge on any atom is 0.261 e. The van der Waals surface area contributed by atoms with Gasteiger partial charge in [0, 0.05) is 78.1 Å². The Balaban J connectivity index is 0.533. The Hall–Kier alpha value is -8.41. The van der Waals surface area contributed by atoms with Gasteiger partial charge in [-0.3, -0.25) is 58.0 Å². The van der Waals surface area contributed by atoms with Crippen molar-refractivity contribution >= 4 is 150 Å². The first-order chi connectivity index (χ1) is 52.7. The predicted molar refractivity (Wildman–Crippen MR) is 434 cm³/mol. The van der Waals surface area contributed by atoms with Gasteiger partial charge in [0.1, 0.15) is 12.2 Å². The SMILES string of the molecule is CCCCCCC(CCCCCC)N1C(=O)c2ccc3c4ccc5c6c(ccc(c7ccc(c2c37)C1=O)c64)C(=O)N(CC1COC(CC[Si](C)(C)O[Si](C)(C)CCC2OCC(CN3C(=O)c4ccc6c7ccc8c9c(ccc(c%10ccc(c4c6%10)C3=O)c97)C(=O)N(C(CCCCCC)CCCCCC)C8=O)O2)O1)C5=O. The molecule has 2 fully saturated rings. The van der Waals surface area contributed by atoms with Gasteiger partial charge in [0.15, 0.2) is 29.2 Å². The van der Waals surface area contributed by atoms with Gasteiger partial charge >= 0.3 is 0 Å². The molecule has 4 unspecified atom stereocenters. The summed E-state index contributed by atoms with van der Waals surface area (Å²) in [6, 6.07) is 31.6. The van der Waals surface area contributed by atoms with Gasteiger partial charge in [-0.1, -0.05) is 179 Å². The Bertz CT molecular complexity index is 4750. The number of nitrogens with zero attached hydrogens (tertiary/aromatic N) is 4. The van der Waals surface area contributed by atoms with E-state index in [0.29, 0.717) is 78.9 Å². The number of carbonyl (C=O) groups is 8. The van der Waals surface area contributed by atoms with Crippen LogP contribution < -0.4 is 0 Å². The lowest BCUT2D eigenvalue weighted by molar-refractivity contribution is -0.0617. The van der Waals surface area contributed by atoms with Gasteiger partial charge in [-0.25, -0.2) is 0 Å². The van der Waals surface area contributed by atoms with Crippen LogP contribution in [0.4, 0.5) is 0 Å². The van der Waals surface area contributed by atoms with Crippen molar-refractivity contribution < 1.29 is 61.4 Å². The molecule has 6 aliphatic heterocycles.